The Labute approximate surface area is 168 Å². The van der Waals surface area contributed by atoms with Gasteiger partial charge >= 0.3 is 5.97 Å². The summed E-state index contributed by atoms with van der Waals surface area (Å²) in [5.41, 5.74) is 0.833. The van der Waals surface area contributed by atoms with E-state index in [2.05, 4.69) is 10.1 Å². The van der Waals surface area contributed by atoms with E-state index in [0.717, 1.165) is 24.2 Å². The summed E-state index contributed by atoms with van der Waals surface area (Å²) in [7, 11) is 1.61. The molecule has 0 spiro atoms. The van der Waals surface area contributed by atoms with Crippen LogP contribution < -0.4 is 4.74 Å². The number of carboxylic acids is 1. The molecule has 2 atom stereocenters. The summed E-state index contributed by atoms with van der Waals surface area (Å²) < 4.78 is 10.4. The van der Waals surface area contributed by atoms with Gasteiger partial charge in [-0.05, 0) is 55.4 Å². The molecule has 1 aromatic heterocycles. The second-order valence-corrected chi connectivity index (χ2v) is 7.84. The third-order valence-electron chi connectivity index (χ3n) is 5.86. The molecule has 4 rings (SSSR count). The van der Waals surface area contributed by atoms with Crippen molar-refractivity contribution < 1.29 is 24.0 Å². The van der Waals surface area contributed by atoms with E-state index in [1.54, 1.807) is 12.0 Å². The van der Waals surface area contributed by atoms with Crippen molar-refractivity contribution in [3.05, 3.63) is 30.2 Å². The van der Waals surface area contributed by atoms with Crippen LogP contribution in [-0.4, -0.2) is 52.2 Å². The van der Waals surface area contributed by atoms with Crippen LogP contribution in [0.5, 0.6) is 5.75 Å². The van der Waals surface area contributed by atoms with Crippen LogP contribution in [0.4, 0.5) is 0 Å². The van der Waals surface area contributed by atoms with Crippen LogP contribution in [0.2, 0.25) is 0 Å². The van der Waals surface area contributed by atoms with Gasteiger partial charge in [-0.15, -0.1) is 0 Å². The molecule has 2 aliphatic rings. The molecule has 8 nitrogen and oxygen atoms in total. The van der Waals surface area contributed by atoms with Crippen molar-refractivity contribution in [2.45, 2.75) is 32.1 Å². The molecule has 1 saturated heterocycles. The third-order valence-corrected chi connectivity index (χ3v) is 5.86. The molecular weight excluding hydrogens is 374 g/mol. The van der Waals surface area contributed by atoms with Gasteiger partial charge in [-0.3, -0.25) is 9.59 Å². The van der Waals surface area contributed by atoms with Gasteiger partial charge in [-0.1, -0.05) is 5.16 Å². The minimum absolute atomic E-state index is 0.00860. The van der Waals surface area contributed by atoms with Crippen LogP contribution in [-0.2, 0) is 16.0 Å². The highest BCUT2D eigenvalue weighted by molar-refractivity contribution is 5.79. The average Bonchev–Trinajstić information content (AvgIpc) is 3.29. The maximum absolute atomic E-state index is 12.5. The molecule has 1 N–H and O–H groups in total. The van der Waals surface area contributed by atoms with E-state index in [1.807, 2.05) is 24.3 Å². The van der Waals surface area contributed by atoms with Crippen molar-refractivity contribution in [2.75, 3.05) is 20.2 Å². The van der Waals surface area contributed by atoms with E-state index in [0.29, 0.717) is 50.0 Å². The Morgan fingerprint density at radius 1 is 1.24 bits per heavy atom. The van der Waals surface area contributed by atoms with Gasteiger partial charge in [0.25, 0.3) is 0 Å². The van der Waals surface area contributed by atoms with Crippen LogP contribution in [0.1, 0.15) is 31.6 Å². The van der Waals surface area contributed by atoms with E-state index >= 15 is 0 Å². The zero-order valence-electron chi connectivity index (χ0n) is 16.4. The second-order valence-electron chi connectivity index (χ2n) is 7.84. The molecular formula is C21H25N3O5. The first-order valence-electron chi connectivity index (χ1n) is 10.0. The molecule has 0 radical (unpaired) electrons. The van der Waals surface area contributed by atoms with E-state index in [1.165, 1.54) is 0 Å². The first-order chi connectivity index (χ1) is 14.0. The molecule has 1 aliphatic heterocycles. The van der Waals surface area contributed by atoms with E-state index in [4.69, 9.17) is 9.26 Å². The molecule has 0 bridgehead atoms. The Kier molecular flexibility index (Phi) is 5.51. The number of benzene rings is 1. The van der Waals surface area contributed by atoms with Gasteiger partial charge in [-0.2, -0.15) is 4.98 Å². The number of nitrogens with zero attached hydrogens (tertiary/aromatic N) is 3. The summed E-state index contributed by atoms with van der Waals surface area (Å²) in [6, 6.07) is 7.39. The number of hydrogen-bond acceptors (Lipinski definition) is 6. The summed E-state index contributed by atoms with van der Waals surface area (Å²) >= 11 is 0. The van der Waals surface area contributed by atoms with Crippen molar-refractivity contribution in [3.63, 3.8) is 0 Å². The number of carboxylic acid groups (broad SMARTS) is 1. The lowest BCUT2D eigenvalue weighted by Gasteiger charge is -2.15. The van der Waals surface area contributed by atoms with Gasteiger partial charge in [-0.25, -0.2) is 0 Å². The van der Waals surface area contributed by atoms with Crippen LogP contribution in [0, 0.1) is 17.8 Å². The zero-order chi connectivity index (χ0) is 20.4. The number of carbonyl (C=O) groups excluding carboxylic acids is 1. The fourth-order valence-corrected chi connectivity index (χ4v) is 4.06. The Hall–Kier alpha value is -2.90. The molecule has 2 heterocycles. The SMILES string of the molecule is COc1ccc(-c2noc(CCCC(=O)N3C[C@H](C(=O)O)[C@@H](C4CC4)C3)n2)cc1. The number of amides is 1. The first kappa shape index (κ1) is 19.4. The smallest absolute Gasteiger partial charge is 0.308 e. The predicted molar refractivity (Wildman–Crippen MR) is 103 cm³/mol. The number of aryl methyl sites for hydroxylation is 1. The third kappa shape index (κ3) is 4.41. The van der Waals surface area contributed by atoms with Crippen molar-refractivity contribution in [1.29, 1.82) is 0 Å². The minimum atomic E-state index is -0.783. The van der Waals surface area contributed by atoms with Crippen LogP contribution in [0.25, 0.3) is 11.4 Å². The number of carbonyl (C=O) groups is 2. The molecule has 1 saturated carbocycles. The summed E-state index contributed by atoms with van der Waals surface area (Å²) in [6.07, 6.45) is 3.63. The van der Waals surface area contributed by atoms with Crippen molar-refractivity contribution in [3.8, 4) is 17.1 Å². The lowest BCUT2D eigenvalue weighted by atomic mass is 9.92. The van der Waals surface area contributed by atoms with E-state index in [9.17, 15) is 14.7 Å². The molecule has 0 unspecified atom stereocenters. The monoisotopic (exact) mass is 399 g/mol. The highest BCUT2D eigenvalue weighted by Crippen LogP contribution is 2.44. The molecule has 2 fully saturated rings. The highest BCUT2D eigenvalue weighted by Gasteiger charge is 2.46. The second kappa shape index (κ2) is 8.23. The van der Waals surface area contributed by atoms with Crippen molar-refractivity contribution in [1.82, 2.24) is 15.0 Å². The summed E-state index contributed by atoms with van der Waals surface area (Å²) in [5.74, 6) is 1.14. The number of aromatic nitrogens is 2. The van der Waals surface area contributed by atoms with Crippen LogP contribution >= 0.6 is 0 Å². The van der Waals surface area contributed by atoms with E-state index in [-0.39, 0.29) is 11.8 Å². The van der Waals surface area contributed by atoms with Gasteiger partial charge in [0.15, 0.2) is 0 Å². The Morgan fingerprint density at radius 2 is 2.00 bits per heavy atom. The lowest BCUT2D eigenvalue weighted by Crippen LogP contribution is -2.29. The summed E-state index contributed by atoms with van der Waals surface area (Å²) in [6.45, 7) is 0.903. The number of methoxy groups -OCH3 is 1. The van der Waals surface area contributed by atoms with Gasteiger partial charge in [0.1, 0.15) is 5.75 Å². The maximum atomic E-state index is 12.5. The fraction of sp³-hybridized carbons (Fsp3) is 0.524. The normalized spacial score (nSPS) is 21.3. The molecule has 2 aromatic rings. The Bertz CT molecular complexity index is 875. The molecule has 1 amide bonds. The molecule has 1 aliphatic carbocycles. The Balaban J connectivity index is 1.27. The quantitative estimate of drug-likeness (QED) is 0.727. The zero-order valence-corrected chi connectivity index (χ0v) is 16.4. The van der Waals surface area contributed by atoms with Crippen molar-refractivity contribution in [2.24, 2.45) is 17.8 Å². The van der Waals surface area contributed by atoms with Gasteiger partial charge in [0.05, 0.1) is 13.0 Å². The van der Waals surface area contributed by atoms with Gasteiger partial charge in [0.2, 0.25) is 17.6 Å². The number of rotatable bonds is 8. The number of ether oxygens (including phenoxy) is 1. The first-order valence-corrected chi connectivity index (χ1v) is 10.0. The molecule has 29 heavy (non-hydrogen) atoms. The summed E-state index contributed by atoms with van der Waals surface area (Å²) in [4.78, 5) is 30.1. The van der Waals surface area contributed by atoms with Gasteiger partial charge < -0.3 is 19.3 Å². The molecule has 1 aromatic carbocycles. The predicted octanol–water partition coefficient (Wildman–Crippen LogP) is 2.64. The topological polar surface area (TPSA) is 106 Å². The largest absolute Gasteiger partial charge is 0.497 e. The average molecular weight is 399 g/mol. The number of hydrogen-bond donors (Lipinski definition) is 1. The number of aliphatic carboxylic acids is 1. The fourth-order valence-electron chi connectivity index (χ4n) is 4.06. The standard InChI is InChI=1S/C21H25N3O5/c1-28-15-9-7-14(8-10-15)20-22-18(29-23-20)3-2-4-19(25)24-11-16(13-5-6-13)17(12-24)21(26)27/h7-10,13,16-17H,2-6,11-12H2,1H3,(H,26,27)/t16-,17+/m1/s1. The molecule has 8 heteroatoms. The van der Waals surface area contributed by atoms with Crippen LogP contribution in [0.15, 0.2) is 28.8 Å². The van der Waals surface area contributed by atoms with Gasteiger partial charge in [0, 0.05) is 31.5 Å². The Morgan fingerprint density at radius 3 is 2.66 bits per heavy atom. The lowest BCUT2D eigenvalue weighted by molar-refractivity contribution is -0.142. The van der Waals surface area contributed by atoms with E-state index < -0.39 is 11.9 Å². The van der Waals surface area contributed by atoms with Crippen LogP contribution in [0.3, 0.4) is 0 Å². The number of likely N-dealkylation sites (tertiary alicyclic amines) is 1. The summed E-state index contributed by atoms with van der Waals surface area (Å²) in [5, 5.41) is 13.4. The van der Waals surface area contributed by atoms with Crippen molar-refractivity contribution >= 4 is 11.9 Å². The minimum Gasteiger partial charge on any atom is -0.497 e. The highest BCUT2D eigenvalue weighted by atomic mass is 16.5. The molecule has 154 valence electrons. The maximum Gasteiger partial charge on any atom is 0.308 e.